The lowest BCUT2D eigenvalue weighted by Gasteiger charge is -2.26. The van der Waals surface area contributed by atoms with E-state index in [4.69, 9.17) is 16.3 Å². The number of benzene rings is 3. The van der Waals surface area contributed by atoms with E-state index in [0.29, 0.717) is 24.6 Å². The highest BCUT2D eigenvalue weighted by Gasteiger charge is 2.34. The van der Waals surface area contributed by atoms with Crippen LogP contribution >= 0.6 is 11.6 Å². The molecule has 1 aliphatic heterocycles. The van der Waals surface area contributed by atoms with Gasteiger partial charge < -0.3 is 25.0 Å². The van der Waals surface area contributed by atoms with Gasteiger partial charge in [0.15, 0.2) is 0 Å². The zero-order valence-electron chi connectivity index (χ0n) is 21.7. The summed E-state index contributed by atoms with van der Waals surface area (Å²) in [5.74, 6) is -0.711. The van der Waals surface area contributed by atoms with Crippen LogP contribution in [0.1, 0.15) is 33.8 Å². The summed E-state index contributed by atoms with van der Waals surface area (Å²) < 4.78 is 46.3. The van der Waals surface area contributed by atoms with E-state index in [1.54, 1.807) is 7.11 Å². The van der Waals surface area contributed by atoms with Gasteiger partial charge in [0.2, 0.25) is 0 Å². The highest BCUT2D eigenvalue weighted by Crippen LogP contribution is 2.34. The van der Waals surface area contributed by atoms with Crippen molar-refractivity contribution in [3.05, 3.63) is 94.5 Å². The van der Waals surface area contributed by atoms with Crippen molar-refractivity contribution in [3.63, 3.8) is 0 Å². The molecule has 0 radical (unpaired) electrons. The Bertz CT molecular complexity index is 1220. The van der Waals surface area contributed by atoms with Crippen molar-refractivity contribution >= 4 is 23.2 Å². The number of carbonyl (C=O) groups excluding carboxylic acids is 1. The summed E-state index contributed by atoms with van der Waals surface area (Å²) in [6, 6.07) is 21.0. The third-order valence-corrected chi connectivity index (χ3v) is 7.06. The summed E-state index contributed by atoms with van der Waals surface area (Å²) in [6.07, 6.45) is -4.11. The molecule has 0 bridgehead atoms. The maximum absolute atomic E-state index is 12.8. The summed E-state index contributed by atoms with van der Waals surface area (Å²) in [7, 11) is 3.70. The lowest BCUT2D eigenvalue weighted by atomic mass is 9.84. The first-order valence-electron chi connectivity index (χ1n) is 12.6. The van der Waals surface area contributed by atoms with Crippen molar-refractivity contribution in [3.8, 4) is 5.75 Å². The van der Waals surface area contributed by atoms with E-state index in [1.807, 2.05) is 31.3 Å². The average Bonchev–Trinajstić information content (AvgIpc) is 3.36. The monoisotopic (exact) mass is 561 g/mol. The molecule has 3 unspecified atom stereocenters. The molecule has 3 aromatic carbocycles. The van der Waals surface area contributed by atoms with E-state index in [1.165, 1.54) is 12.1 Å². The van der Waals surface area contributed by atoms with Gasteiger partial charge in [0.25, 0.3) is 5.91 Å². The standard InChI is InChI=1S/C29H31ClF3N3O3/c1-36(15-16-38-2)24-11-5-20(6-12-24)27(19-3-9-22(30)10-4-19)26-17-23(18-34-26)35-28(37)21-7-13-25(14-8-21)39-29(31,32)33/h3-14,23,26-27,34H,15-18H2,1-2H3,(H,35,37). The molecule has 0 spiro atoms. The fourth-order valence-electron chi connectivity index (χ4n) is 4.83. The number of carbonyl (C=O) groups is 1. The van der Waals surface area contributed by atoms with E-state index < -0.39 is 6.36 Å². The van der Waals surface area contributed by atoms with Crippen LogP contribution in [0, 0.1) is 0 Å². The van der Waals surface area contributed by atoms with Gasteiger partial charge in [-0.05, 0) is 66.1 Å². The van der Waals surface area contributed by atoms with Gasteiger partial charge in [0.1, 0.15) is 5.75 Å². The number of amides is 1. The number of alkyl halides is 3. The minimum atomic E-state index is -4.78. The van der Waals surface area contributed by atoms with Crippen LogP contribution in [-0.2, 0) is 4.74 Å². The van der Waals surface area contributed by atoms with Crippen molar-refractivity contribution in [2.24, 2.45) is 0 Å². The Morgan fingerprint density at radius 2 is 1.67 bits per heavy atom. The van der Waals surface area contributed by atoms with Crippen molar-refractivity contribution in [1.29, 1.82) is 0 Å². The molecule has 2 N–H and O–H groups in total. The molecule has 3 aromatic rings. The Morgan fingerprint density at radius 3 is 2.26 bits per heavy atom. The van der Waals surface area contributed by atoms with E-state index >= 15 is 0 Å². The molecular weight excluding hydrogens is 531 g/mol. The number of likely N-dealkylation sites (N-methyl/N-ethyl adjacent to an activating group) is 1. The second-order valence-electron chi connectivity index (χ2n) is 9.53. The fraction of sp³-hybridized carbons (Fsp3) is 0.345. The number of anilines is 1. The molecule has 3 atom stereocenters. The fourth-order valence-corrected chi connectivity index (χ4v) is 4.95. The van der Waals surface area contributed by atoms with E-state index in [9.17, 15) is 18.0 Å². The predicted molar refractivity (Wildman–Crippen MR) is 146 cm³/mol. The molecule has 10 heteroatoms. The average molecular weight is 562 g/mol. The van der Waals surface area contributed by atoms with Crippen molar-refractivity contribution in [2.75, 3.05) is 38.8 Å². The Morgan fingerprint density at radius 1 is 1.05 bits per heavy atom. The third kappa shape index (κ3) is 7.88. The van der Waals surface area contributed by atoms with Gasteiger partial charge in [-0.25, -0.2) is 0 Å². The number of hydrogen-bond donors (Lipinski definition) is 2. The molecule has 1 fully saturated rings. The SMILES string of the molecule is COCCN(C)c1ccc(C(c2ccc(Cl)cc2)C2CC(NC(=O)c3ccc(OC(F)(F)F)cc3)CN2)cc1. The normalized spacial score (nSPS) is 18.0. The quantitative estimate of drug-likeness (QED) is 0.337. The van der Waals surface area contributed by atoms with Crippen LogP contribution in [0.15, 0.2) is 72.8 Å². The number of ether oxygens (including phenoxy) is 2. The van der Waals surface area contributed by atoms with Crippen molar-refractivity contribution in [2.45, 2.75) is 30.8 Å². The Labute approximate surface area is 231 Å². The topological polar surface area (TPSA) is 62.8 Å². The van der Waals surface area contributed by atoms with Gasteiger partial charge >= 0.3 is 6.36 Å². The first kappa shape index (κ1) is 28.7. The van der Waals surface area contributed by atoms with E-state index in [-0.39, 0.29) is 35.2 Å². The van der Waals surface area contributed by atoms with Gasteiger partial charge in [-0.3, -0.25) is 4.79 Å². The zero-order valence-corrected chi connectivity index (χ0v) is 22.4. The Balaban J connectivity index is 1.46. The van der Waals surface area contributed by atoms with Crippen LogP contribution in [0.5, 0.6) is 5.75 Å². The molecule has 0 aromatic heterocycles. The number of rotatable bonds is 10. The van der Waals surface area contributed by atoms with Gasteiger partial charge in [0.05, 0.1) is 6.61 Å². The van der Waals surface area contributed by atoms with Gasteiger partial charge in [-0.15, -0.1) is 13.2 Å². The summed E-state index contributed by atoms with van der Waals surface area (Å²) in [5.41, 5.74) is 3.58. The smallest absolute Gasteiger partial charge is 0.406 e. The van der Waals surface area contributed by atoms with E-state index in [0.717, 1.165) is 35.5 Å². The van der Waals surface area contributed by atoms with Gasteiger partial charge in [0, 0.05) is 61.5 Å². The number of nitrogens with one attached hydrogen (secondary N) is 2. The summed E-state index contributed by atoms with van der Waals surface area (Å²) >= 11 is 6.16. The summed E-state index contributed by atoms with van der Waals surface area (Å²) in [4.78, 5) is 14.9. The molecule has 39 heavy (non-hydrogen) atoms. The number of hydrogen-bond acceptors (Lipinski definition) is 5. The first-order chi connectivity index (χ1) is 18.6. The molecule has 4 rings (SSSR count). The largest absolute Gasteiger partial charge is 0.573 e. The van der Waals surface area contributed by atoms with Crippen LogP contribution in [-0.4, -0.2) is 58.2 Å². The lowest BCUT2D eigenvalue weighted by Crippen LogP contribution is -2.36. The van der Waals surface area contributed by atoms with Crippen LogP contribution in [0.2, 0.25) is 5.02 Å². The second kappa shape index (κ2) is 12.7. The molecule has 1 amide bonds. The maximum atomic E-state index is 12.8. The Kier molecular flexibility index (Phi) is 9.37. The zero-order chi connectivity index (χ0) is 28.0. The molecule has 0 saturated carbocycles. The molecule has 0 aliphatic carbocycles. The molecule has 6 nitrogen and oxygen atoms in total. The second-order valence-corrected chi connectivity index (χ2v) is 9.96. The lowest BCUT2D eigenvalue weighted by molar-refractivity contribution is -0.274. The first-order valence-corrected chi connectivity index (χ1v) is 13.0. The van der Waals surface area contributed by atoms with Gasteiger partial charge in [-0.2, -0.15) is 0 Å². The Hall–Kier alpha value is -3.27. The van der Waals surface area contributed by atoms with Crippen LogP contribution in [0.25, 0.3) is 0 Å². The van der Waals surface area contributed by atoms with Gasteiger partial charge in [-0.1, -0.05) is 35.9 Å². The minimum Gasteiger partial charge on any atom is -0.406 e. The summed E-state index contributed by atoms with van der Waals surface area (Å²) in [5, 5.41) is 7.21. The predicted octanol–water partition coefficient (Wildman–Crippen LogP) is 5.61. The van der Waals surface area contributed by atoms with Crippen molar-refractivity contribution < 1.29 is 27.4 Å². The third-order valence-electron chi connectivity index (χ3n) is 6.81. The highest BCUT2D eigenvalue weighted by atomic mass is 35.5. The molecule has 1 aliphatic rings. The molecule has 1 heterocycles. The van der Waals surface area contributed by atoms with Crippen LogP contribution in [0.3, 0.4) is 0 Å². The van der Waals surface area contributed by atoms with Crippen molar-refractivity contribution in [1.82, 2.24) is 10.6 Å². The summed E-state index contributed by atoms with van der Waals surface area (Å²) in [6.45, 7) is 1.98. The minimum absolute atomic E-state index is 0.0151. The number of halogens is 4. The van der Waals surface area contributed by atoms with Crippen LogP contribution in [0.4, 0.5) is 18.9 Å². The molecular formula is C29H31ClF3N3O3. The maximum Gasteiger partial charge on any atom is 0.573 e. The number of methoxy groups -OCH3 is 1. The number of nitrogens with zero attached hydrogens (tertiary/aromatic N) is 1. The van der Waals surface area contributed by atoms with Crippen LogP contribution < -0.4 is 20.3 Å². The molecule has 1 saturated heterocycles. The van der Waals surface area contributed by atoms with E-state index in [2.05, 4.69) is 44.5 Å². The molecule has 208 valence electrons. The highest BCUT2D eigenvalue weighted by molar-refractivity contribution is 6.30.